The summed E-state index contributed by atoms with van der Waals surface area (Å²) in [5.74, 6) is 0.679. The molecule has 1 aromatic heterocycles. The molecule has 0 saturated carbocycles. The van der Waals surface area contributed by atoms with Crippen molar-refractivity contribution in [3.05, 3.63) is 32.5 Å². The molecule has 0 fully saturated rings. The molecule has 1 aliphatic heterocycles. The molecule has 5 heteroatoms. The summed E-state index contributed by atoms with van der Waals surface area (Å²) < 4.78 is 2.60. The molecule has 88 valence electrons. The largest absolute Gasteiger partial charge is 0.355 e. The Kier molecular flexibility index (Phi) is 2.43. The number of aryl methyl sites for hydroxylation is 1. The molecule has 1 N–H and O–H groups in total. The highest BCUT2D eigenvalue weighted by Crippen LogP contribution is 2.24. The molecule has 0 saturated heterocycles. The molecule has 1 aromatic carbocycles. The Hall–Kier alpha value is -1.36. The van der Waals surface area contributed by atoms with E-state index in [1.807, 2.05) is 19.1 Å². The van der Waals surface area contributed by atoms with Gasteiger partial charge in [-0.1, -0.05) is 0 Å². The maximum atomic E-state index is 12.3. The second-order valence-corrected chi connectivity index (χ2v) is 5.17. The Morgan fingerprint density at radius 3 is 3.12 bits per heavy atom. The molecule has 0 atom stereocenters. The predicted octanol–water partition coefficient (Wildman–Crippen LogP) is 2.28. The van der Waals surface area contributed by atoms with Gasteiger partial charge in [-0.05, 0) is 47.0 Å². The summed E-state index contributed by atoms with van der Waals surface area (Å²) in [5.41, 5.74) is 1.84. The fourth-order valence-electron chi connectivity index (χ4n) is 2.20. The first-order chi connectivity index (χ1) is 8.16. The highest BCUT2D eigenvalue weighted by molar-refractivity contribution is 9.10. The van der Waals surface area contributed by atoms with Gasteiger partial charge in [0.2, 0.25) is 5.95 Å². The summed E-state index contributed by atoms with van der Waals surface area (Å²) >= 11 is 3.47. The molecule has 17 heavy (non-hydrogen) atoms. The average molecular weight is 294 g/mol. The normalized spacial score (nSPS) is 14.5. The zero-order chi connectivity index (χ0) is 12.0. The quantitative estimate of drug-likeness (QED) is 0.811. The number of benzene rings is 1. The maximum Gasteiger partial charge on any atom is 0.262 e. The highest BCUT2D eigenvalue weighted by atomic mass is 79.9. The van der Waals surface area contributed by atoms with Gasteiger partial charge in [0.1, 0.15) is 0 Å². The number of nitrogens with one attached hydrogen (secondary N) is 1. The Labute approximate surface area is 107 Å². The van der Waals surface area contributed by atoms with Gasteiger partial charge < -0.3 is 5.32 Å². The van der Waals surface area contributed by atoms with Crippen molar-refractivity contribution in [1.29, 1.82) is 0 Å². The minimum atomic E-state index is 0.0431. The summed E-state index contributed by atoms with van der Waals surface area (Å²) in [6.07, 6.45) is 0.965. The summed E-state index contributed by atoms with van der Waals surface area (Å²) in [4.78, 5) is 16.9. The first-order valence-electron chi connectivity index (χ1n) is 5.61. The van der Waals surface area contributed by atoms with Crippen LogP contribution in [0, 0.1) is 6.92 Å². The Bertz CT molecular complexity index is 663. The van der Waals surface area contributed by atoms with E-state index in [2.05, 4.69) is 26.2 Å². The highest BCUT2D eigenvalue weighted by Gasteiger charge is 2.15. The second-order valence-electron chi connectivity index (χ2n) is 4.32. The lowest BCUT2D eigenvalue weighted by molar-refractivity contribution is 0.602. The molecule has 0 amide bonds. The van der Waals surface area contributed by atoms with Crippen LogP contribution in [0.15, 0.2) is 21.4 Å². The molecule has 2 heterocycles. The lowest BCUT2D eigenvalue weighted by Gasteiger charge is -2.19. The van der Waals surface area contributed by atoms with Crippen molar-refractivity contribution in [1.82, 2.24) is 9.55 Å². The number of anilines is 1. The van der Waals surface area contributed by atoms with E-state index >= 15 is 0 Å². The van der Waals surface area contributed by atoms with Gasteiger partial charge in [-0.3, -0.25) is 9.36 Å². The minimum absolute atomic E-state index is 0.0431. The van der Waals surface area contributed by atoms with E-state index in [0.29, 0.717) is 11.3 Å². The number of nitrogens with zero attached hydrogens (tertiary/aromatic N) is 2. The first-order valence-corrected chi connectivity index (χ1v) is 6.41. The van der Waals surface area contributed by atoms with Crippen molar-refractivity contribution >= 4 is 32.8 Å². The van der Waals surface area contributed by atoms with Crippen LogP contribution in [0.1, 0.15) is 12.0 Å². The summed E-state index contributed by atoms with van der Waals surface area (Å²) in [7, 11) is 0. The summed E-state index contributed by atoms with van der Waals surface area (Å²) in [6.45, 7) is 3.60. The van der Waals surface area contributed by atoms with Gasteiger partial charge in [-0.2, -0.15) is 0 Å². The molecule has 0 radical (unpaired) electrons. The van der Waals surface area contributed by atoms with Crippen molar-refractivity contribution in [2.75, 3.05) is 11.9 Å². The number of halogens is 1. The number of hydrogen-bond acceptors (Lipinski definition) is 3. The van der Waals surface area contributed by atoms with E-state index in [1.165, 1.54) is 0 Å². The smallest absolute Gasteiger partial charge is 0.262 e. The van der Waals surface area contributed by atoms with Crippen LogP contribution in [-0.4, -0.2) is 16.1 Å². The molecule has 0 spiro atoms. The Morgan fingerprint density at radius 2 is 2.29 bits per heavy atom. The molecule has 0 bridgehead atoms. The fraction of sp³-hybridized carbons (Fsp3) is 0.333. The van der Waals surface area contributed by atoms with Gasteiger partial charge in [-0.25, -0.2) is 4.98 Å². The molecule has 2 aromatic rings. The van der Waals surface area contributed by atoms with Crippen molar-refractivity contribution in [3.63, 3.8) is 0 Å². The zero-order valence-corrected chi connectivity index (χ0v) is 11.0. The van der Waals surface area contributed by atoms with Crippen LogP contribution in [0.5, 0.6) is 0 Å². The lowest BCUT2D eigenvalue weighted by atomic mass is 10.1. The summed E-state index contributed by atoms with van der Waals surface area (Å²) in [5, 5.41) is 3.85. The first kappa shape index (κ1) is 10.8. The topological polar surface area (TPSA) is 46.9 Å². The second kappa shape index (κ2) is 3.84. The lowest BCUT2D eigenvalue weighted by Crippen LogP contribution is -2.30. The molecular weight excluding hydrogens is 282 g/mol. The van der Waals surface area contributed by atoms with E-state index in [0.717, 1.165) is 35.1 Å². The van der Waals surface area contributed by atoms with E-state index in [-0.39, 0.29) is 5.56 Å². The monoisotopic (exact) mass is 293 g/mol. The van der Waals surface area contributed by atoms with Crippen LogP contribution in [-0.2, 0) is 6.54 Å². The third-order valence-electron chi connectivity index (χ3n) is 3.00. The van der Waals surface area contributed by atoms with Crippen LogP contribution < -0.4 is 10.9 Å². The third-order valence-corrected chi connectivity index (χ3v) is 3.60. The molecule has 3 rings (SSSR count). The van der Waals surface area contributed by atoms with Gasteiger partial charge in [-0.15, -0.1) is 0 Å². The summed E-state index contributed by atoms with van der Waals surface area (Å²) in [6, 6.07) is 3.88. The SMILES string of the molecule is Cc1cc(Br)c2nc3n(c(=O)c2c1)CCCN3. The van der Waals surface area contributed by atoms with Gasteiger partial charge >= 0.3 is 0 Å². The number of rotatable bonds is 0. The molecule has 1 aliphatic rings. The number of fused-ring (bicyclic) bond motifs is 2. The van der Waals surface area contributed by atoms with Gasteiger partial charge in [0.25, 0.3) is 5.56 Å². The van der Waals surface area contributed by atoms with E-state index in [9.17, 15) is 4.79 Å². The standard InChI is InChI=1S/C12H12BrN3O/c1-7-5-8-10(9(13)6-7)15-12-14-3-2-4-16(12)11(8)17/h5-6H,2-4H2,1H3,(H,14,15). The van der Waals surface area contributed by atoms with E-state index in [4.69, 9.17) is 0 Å². The van der Waals surface area contributed by atoms with Gasteiger partial charge in [0.15, 0.2) is 0 Å². The predicted molar refractivity (Wildman–Crippen MR) is 71.5 cm³/mol. The number of hydrogen-bond donors (Lipinski definition) is 1. The third kappa shape index (κ3) is 1.65. The molecular formula is C12H12BrN3O. The molecule has 4 nitrogen and oxygen atoms in total. The maximum absolute atomic E-state index is 12.3. The fourth-order valence-corrected chi connectivity index (χ4v) is 2.86. The number of aromatic nitrogens is 2. The van der Waals surface area contributed by atoms with E-state index < -0.39 is 0 Å². The Balaban J connectivity index is 2.44. The minimum Gasteiger partial charge on any atom is -0.355 e. The van der Waals surface area contributed by atoms with Crippen molar-refractivity contribution in [3.8, 4) is 0 Å². The van der Waals surface area contributed by atoms with Gasteiger partial charge in [0.05, 0.1) is 10.9 Å². The average Bonchev–Trinajstić information content (AvgIpc) is 2.31. The van der Waals surface area contributed by atoms with Crippen LogP contribution in [0.4, 0.5) is 5.95 Å². The van der Waals surface area contributed by atoms with Gasteiger partial charge in [0, 0.05) is 17.6 Å². The van der Waals surface area contributed by atoms with Crippen LogP contribution in [0.2, 0.25) is 0 Å². The zero-order valence-electron chi connectivity index (χ0n) is 9.46. The van der Waals surface area contributed by atoms with Crippen LogP contribution >= 0.6 is 15.9 Å². The van der Waals surface area contributed by atoms with E-state index in [1.54, 1.807) is 4.57 Å². The van der Waals surface area contributed by atoms with Crippen molar-refractivity contribution in [2.24, 2.45) is 0 Å². The molecule has 0 unspecified atom stereocenters. The van der Waals surface area contributed by atoms with Crippen molar-refractivity contribution < 1.29 is 0 Å². The molecule has 0 aliphatic carbocycles. The van der Waals surface area contributed by atoms with Crippen molar-refractivity contribution in [2.45, 2.75) is 19.9 Å². The Morgan fingerprint density at radius 1 is 1.47 bits per heavy atom. The van der Waals surface area contributed by atoms with Crippen LogP contribution in [0.3, 0.4) is 0 Å². The van der Waals surface area contributed by atoms with Crippen LogP contribution in [0.25, 0.3) is 10.9 Å².